The summed E-state index contributed by atoms with van der Waals surface area (Å²) in [6.07, 6.45) is 0. The van der Waals surface area contributed by atoms with E-state index >= 15 is 0 Å². The lowest BCUT2D eigenvalue weighted by molar-refractivity contribution is -0.137. The lowest BCUT2D eigenvalue weighted by Gasteiger charge is -2.11. The predicted molar refractivity (Wildman–Crippen MR) is 85.1 cm³/mol. The molecule has 7 heteroatoms. The van der Waals surface area contributed by atoms with E-state index in [9.17, 15) is 4.79 Å². The number of carbonyl (C=O) groups is 1. The van der Waals surface area contributed by atoms with E-state index in [-0.39, 0.29) is 17.6 Å². The summed E-state index contributed by atoms with van der Waals surface area (Å²) in [6, 6.07) is 7.86. The number of nitrogens with zero attached hydrogens (tertiary/aromatic N) is 4. The maximum atomic E-state index is 11.4. The van der Waals surface area contributed by atoms with Crippen molar-refractivity contribution in [1.29, 1.82) is 0 Å². The second kappa shape index (κ2) is 5.92. The standard InChI is InChI=1S/C15H16N4O2S/c1-9(2)13-16-11-7-5-4-6-10(11)14-17-18-15(19(13)14)22-8-12(20)21-3/h4-7,9H,8H2,1-3H3. The number of aromatic nitrogens is 4. The number of hydrogen-bond donors (Lipinski definition) is 0. The monoisotopic (exact) mass is 316 g/mol. The molecule has 3 rings (SSSR count). The molecule has 0 aliphatic heterocycles. The first-order valence-electron chi connectivity index (χ1n) is 6.95. The van der Waals surface area contributed by atoms with E-state index in [1.807, 2.05) is 28.7 Å². The van der Waals surface area contributed by atoms with Gasteiger partial charge >= 0.3 is 5.97 Å². The van der Waals surface area contributed by atoms with Gasteiger partial charge in [-0.05, 0) is 12.1 Å². The molecule has 0 bridgehead atoms. The third-order valence-corrected chi connectivity index (χ3v) is 4.21. The number of methoxy groups -OCH3 is 1. The van der Waals surface area contributed by atoms with Gasteiger partial charge in [0.1, 0.15) is 5.82 Å². The molecule has 3 aromatic rings. The van der Waals surface area contributed by atoms with E-state index < -0.39 is 0 Å². The molecule has 0 amide bonds. The van der Waals surface area contributed by atoms with Crippen LogP contribution in [0.4, 0.5) is 0 Å². The molecule has 0 unspecified atom stereocenters. The summed E-state index contributed by atoms with van der Waals surface area (Å²) in [7, 11) is 1.37. The van der Waals surface area contributed by atoms with Crippen LogP contribution in [0.25, 0.3) is 16.6 Å². The zero-order valence-electron chi connectivity index (χ0n) is 12.6. The van der Waals surface area contributed by atoms with E-state index in [2.05, 4.69) is 28.8 Å². The summed E-state index contributed by atoms with van der Waals surface area (Å²) < 4.78 is 6.61. The van der Waals surface area contributed by atoms with Gasteiger partial charge in [0.05, 0.1) is 18.4 Å². The molecule has 0 spiro atoms. The van der Waals surface area contributed by atoms with E-state index in [1.165, 1.54) is 18.9 Å². The average Bonchev–Trinajstić information content (AvgIpc) is 2.95. The number of esters is 1. The van der Waals surface area contributed by atoms with Gasteiger partial charge in [0, 0.05) is 11.3 Å². The van der Waals surface area contributed by atoms with Crippen LogP contribution in [-0.4, -0.2) is 38.4 Å². The molecule has 0 atom stereocenters. The number of para-hydroxylation sites is 1. The maximum absolute atomic E-state index is 11.4. The highest BCUT2D eigenvalue weighted by Crippen LogP contribution is 2.26. The van der Waals surface area contributed by atoms with Crippen molar-refractivity contribution in [1.82, 2.24) is 19.6 Å². The van der Waals surface area contributed by atoms with Gasteiger partial charge in [0.2, 0.25) is 0 Å². The minimum Gasteiger partial charge on any atom is -0.468 e. The quantitative estimate of drug-likeness (QED) is 0.544. The largest absolute Gasteiger partial charge is 0.468 e. The first kappa shape index (κ1) is 14.8. The van der Waals surface area contributed by atoms with Crippen molar-refractivity contribution in [3.8, 4) is 0 Å². The highest BCUT2D eigenvalue weighted by molar-refractivity contribution is 7.99. The molecule has 0 radical (unpaired) electrons. The van der Waals surface area contributed by atoms with Gasteiger partial charge in [-0.25, -0.2) is 4.98 Å². The Morgan fingerprint density at radius 3 is 2.82 bits per heavy atom. The molecule has 0 aliphatic rings. The smallest absolute Gasteiger partial charge is 0.316 e. The van der Waals surface area contributed by atoms with Crippen molar-refractivity contribution in [2.45, 2.75) is 24.9 Å². The van der Waals surface area contributed by atoms with Crippen LogP contribution in [0.5, 0.6) is 0 Å². The van der Waals surface area contributed by atoms with Crippen LogP contribution >= 0.6 is 11.8 Å². The van der Waals surface area contributed by atoms with E-state index in [1.54, 1.807) is 0 Å². The molecule has 2 heterocycles. The van der Waals surface area contributed by atoms with Crippen molar-refractivity contribution < 1.29 is 9.53 Å². The number of thioether (sulfide) groups is 1. The summed E-state index contributed by atoms with van der Waals surface area (Å²) in [6.45, 7) is 4.15. The molecular weight excluding hydrogens is 300 g/mol. The number of benzene rings is 1. The first-order chi connectivity index (χ1) is 10.6. The predicted octanol–water partition coefficient (Wildman–Crippen LogP) is 2.67. The summed E-state index contributed by atoms with van der Waals surface area (Å²) in [4.78, 5) is 16.1. The van der Waals surface area contributed by atoms with Crippen LogP contribution in [0, 0.1) is 0 Å². The Bertz CT molecular complexity index is 844. The second-order valence-corrected chi connectivity index (χ2v) is 6.09. The van der Waals surface area contributed by atoms with Crippen molar-refractivity contribution in [3.63, 3.8) is 0 Å². The van der Waals surface area contributed by atoms with Crippen molar-refractivity contribution in [2.75, 3.05) is 12.9 Å². The molecule has 0 saturated heterocycles. The second-order valence-electron chi connectivity index (χ2n) is 5.15. The number of fused-ring (bicyclic) bond motifs is 3. The third kappa shape index (κ3) is 2.52. The molecule has 6 nitrogen and oxygen atoms in total. The van der Waals surface area contributed by atoms with Gasteiger partial charge in [-0.2, -0.15) is 0 Å². The highest BCUT2D eigenvalue weighted by Gasteiger charge is 2.18. The van der Waals surface area contributed by atoms with E-state index in [0.717, 1.165) is 22.4 Å². The van der Waals surface area contributed by atoms with Crippen LogP contribution in [0.15, 0.2) is 29.4 Å². The van der Waals surface area contributed by atoms with Crippen LogP contribution in [0.1, 0.15) is 25.6 Å². The summed E-state index contributed by atoms with van der Waals surface area (Å²) in [5.74, 6) is 0.995. The van der Waals surface area contributed by atoms with E-state index in [0.29, 0.717) is 5.16 Å². The zero-order chi connectivity index (χ0) is 15.7. The molecule has 114 valence electrons. The number of carbonyl (C=O) groups excluding carboxylic acids is 1. The van der Waals surface area contributed by atoms with Gasteiger partial charge < -0.3 is 4.74 Å². The molecule has 0 aliphatic carbocycles. The number of hydrogen-bond acceptors (Lipinski definition) is 6. The molecule has 22 heavy (non-hydrogen) atoms. The van der Waals surface area contributed by atoms with E-state index in [4.69, 9.17) is 4.98 Å². The lowest BCUT2D eigenvalue weighted by Crippen LogP contribution is -2.07. The Hall–Kier alpha value is -2.15. The molecular formula is C15H16N4O2S. The molecule has 0 N–H and O–H groups in total. The van der Waals surface area contributed by atoms with Gasteiger partial charge in [0.15, 0.2) is 10.8 Å². The number of ether oxygens (including phenoxy) is 1. The summed E-state index contributed by atoms with van der Waals surface area (Å²) in [5.41, 5.74) is 1.66. The first-order valence-corrected chi connectivity index (χ1v) is 7.93. The minimum atomic E-state index is -0.290. The van der Waals surface area contributed by atoms with Crippen LogP contribution in [0.2, 0.25) is 0 Å². The molecule has 1 aromatic carbocycles. The van der Waals surface area contributed by atoms with Crippen molar-refractivity contribution >= 4 is 34.3 Å². The number of rotatable bonds is 4. The Morgan fingerprint density at radius 2 is 2.09 bits per heavy atom. The lowest BCUT2D eigenvalue weighted by atomic mass is 10.2. The zero-order valence-corrected chi connectivity index (χ0v) is 13.4. The third-order valence-electron chi connectivity index (χ3n) is 3.31. The van der Waals surface area contributed by atoms with Crippen LogP contribution < -0.4 is 0 Å². The van der Waals surface area contributed by atoms with Gasteiger partial charge in [-0.15, -0.1) is 10.2 Å². The molecule has 0 fully saturated rings. The van der Waals surface area contributed by atoms with Crippen LogP contribution in [-0.2, 0) is 9.53 Å². The van der Waals surface area contributed by atoms with Gasteiger partial charge in [-0.3, -0.25) is 9.20 Å². The fraction of sp³-hybridized carbons (Fsp3) is 0.333. The molecule has 2 aromatic heterocycles. The summed E-state index contributed by atoms with van der Waals surface area (Å²) in [5, 5.41) is 10.1. The fourth-order valence-corrected chi connectivity index (χ4v) is 3.02. The normalized spacial score (nSPS) is 11.5. The fourth-order valence-electron chi connectivity index (χ4n) is 2.25. The van der Waals surface area contributed by atoms with Crippen molar-refractivity contribution in [2.24, 2.45) is 0 Å². The highest BCUT2D eigenvalue weighted by atomic mass is 32.2. The topological polar surface area (TPSA) is 69.4 Å². The van der Waals surface area contributed by atoms with Crippen LogP contribution in [0.3, 0.4) is 0 Å². The maximum Gasteiger partial charge on any atom is 0.316 e. The summed E-state index contributed by atoms with van der Waals surface area (Å²) >= 11 is 1.30. The SMILES string of the molecule is COC(=O)CSc1nnc2c3ccccc3nc(C(C)C)n12. The Balaban J connectivity index is 2.19. The van der Waals surface area contributed by atoms with Crippen molar-refractivity contribution in [3.05, 3.63) is 30.1 Å². The van der Waals surface area contributed by atoms with Gasteiger partial charge in [-0.1, -0.05) is 37.7 Å². The Kier molecular flexibility index (Phi) is 3.98. The minimum absolute atomic E-state index is 0.196. The molecule has 0 saturated carbocycles. The average molecular weight is 316 g/mol. The Labute approximate surface area is 131 Å². The Morgan fingerprint density at radius 1 is 1.32 bits per heavy atom. The van der Waals surface area contributed by atoms with Gasteiger partial charge in [0.25, 0.3) is 0 Å².